The lowest BCUT2D eigenvalue weighted by molar-refractivity contribution is 0.0993. The molecule has 1 nitrogen and oxygen atoms in total. The number of benzene rings is 2. The molecule has 0 aliphatic heterocycles. The number of carbonyl (C=O) groups excluding carboxylic acids is 1. The van der Waals surface area contributed by atoms with Crippen LogP contribution in [0.2, 0.25) is 5.02 Å². The van der Waals surface area contributed by atoms with Gasteiger partial charge < -0.3 is 0 Å². The molecule has 126 valence electrons. The van der Waals surface area contributed by atoms with E-state index in [1.165, 1.54) is 55.9 Å². The first-order chi connectivity index (χ1) is 11.6. The van der Waals surface area contributed by atoms with Crippen LogP contribution in [0.25, 0.3) is 0 Å². The summed E-state index contributed by atoms with van der Waals surface area (Å²) in [5.74, 6) is 0.275. The van der Waals surface area contributed by atoms with E-state index >= 15 is 0 Å². The van der Waals surface area contributed by atoms with E-state index in [0.717, 1.165) is 17.9 Å². The van der Waals surface area contributed by atoms with E-state index in [4.69, 9.17) is 11.6 Å². The zero-order valence-corrected chi connectivity index (χ0v) is 14.5. The molecule has 0 heterocycles. The van der Waals surface area contributed by atoms with Crippen LogP contribution in [0.15, 0.2) is 42.5 Å². The van der Waals surface area contributed by atoms with Gasteiger partial charge in [-0.05, 0) is 41.7 Å². The van der Waals surface area contributed by atoms with Crippen LogP contribution < -0.4 is 0 Å². The van der Waals surface area contributed by atoms with Crippen LogP contribution in [-0.4, -0.2) is 5.78 Å². The monoisotopic (exact) mass is 344 g/mol. The largest absolute Gasteiger partial charge is 0.294 e. The first kappa shape index (κ1) is 17.2. The van der Waals surface area contributed by atoms with Crippen LogP contribution >= 0.6 is 11.6 Å². The van der Waals surface area contributed by atoms with Gasteiger partial charge >= 0.3 is 0 Å². The third-order valence-electron chi connectivity index (χ3n) is 4.84. The highest BCUT2D eigenvalue weighted by Crippen LogP contribution is 2.27. The molecule has 0 unspecified atom stereocenters. The van der Waals surface area contributed by atoms with Crippen LogP contribution in [-0.2, 0) is 12.8 Å². The molecular formula is C21H22ClFO. The molecular weight excluding hydrogens is 323 g/mol. The Hall–Kier alpha value is -1.67. The third kappa shape index (κ3) is 4.45. The SMILES string of the molecule is O=C(Cc1cccc(CC2CCCCC2)c1)c1ccc(F)cc1Cl. The normalized spacial score (nSPS) is 15.4. The summed E-state index contributed by atoms with van der Waals surface area (Å²) in [5, 5.41) is 0.179. The Morgan fingerprint density at radius 1 is 1.04 bits per heavy atom. The van der Waals surface area contributed by atoms with Crippen molar-refractivity contribution >= 4 is 17.4 Å². The molecule has 0 amide bonds. The van der Waals surface area contributed by atoms with Gasteiger partial charge in [-0.1, -0.05) is 68.0 Å². The molecule has 0 aromatic heterocycles. The Kier molecular flexibility index (Phi) is 5.68. The van der Waals surface area contributed by atoms with Crippen molar-refractivity contribution in [2.24, 2.45) is 5.92 Å². The second kappa shape index (κ2) is 7.94. The van der Waals surface area contributed by atoms with E-state index in [1.807, 2.05) is 12.1 Å². The fraction of sp³-hybridized carbons (Fsp3) is 0.381. The summed E-state index contributed by atoms with van der Waals surface area (Å²) >= 11 is 5.99. The van der Waals surface area contributed by atoms with Crippen LogP contribution in [0.3, 0.4) is 0 Å². The summed E-state index contributed by atoms with van der Waals surface area (Å²) < 4.78 is 13.1. The maximum Gasteiger partial charge on any atom is 0.168 e. The molecule has 1 aliphatic carbocycles. The van der Waals surface area contributed by atoms with E-state index in [1.54, 1.807) is 0 Å². The van der Waals surface area contributed by atoms with Crippen molar-refractivity contribution in [1.29, 1.82) is 0 Å². The Bertz CT molecular complexity index is 720. The number of hydrogen-bond donors (Lipinski definition) is 0. The van der Waals surface area contributed by atoms with Crippen molar-refractivity contribution in [3.8, 4) is 0 Å². The van der Waals surface area contributed by atoms with Crippen molar-refractivity contribution < 1.29 is 9.18 Å². The predicted molar refractivity (Wildman–Crippen MR) is 96.2 cm³/mol. The number of Topliss-reactive ketones (excluding diaryl/α,β-unsaturated/α-hetero) is 1. The zero-order chi connectivity index (χ0) is 16.9. The molecule has 0 atom stereocenters. The van der Waals surface area contributed by atoms with Gasteiger partial charge in [0.1, 0.15) is 5.82 Å². The lowest BCUT2D eigenvalue weighted by atomic mass is 9.84. The average molecular weight is 345 g/mol. The van der Waals surface area contributed by atoms with Crippen molar-refractivity contribution in [1.82, 2.24) is 0 Å². The van der Waals surface area contributed by atoms with Gasteiger partial charge in [-0.15, -0.1) is 0 Å². The number of rotatable bonds is 5. The van der Waals surface area contributed by atoms with E-state index in [2.05, 4.69) is 12.1 Å². The number of ketones is 1. The second-order valence-electron chi connectivity index (χ2n) is 6.75. The van der Waals surface area contributed by atoms with Gasteiger partial charge in [0.15, 0.2) is 5.78 Å². The maximum absolute atomic E-state index is 13.1. The smallest absolute Gasteiger partial charge is 0.168 e. The molecule has 0 spiro atoms. The summed E-state index contributed by atoms with van der Waals surface area (Å²) in [6, 6.07) is 12.2. The standard InChI is InChI=1S/C21H22ClFO/c22-20-14-18(23)9-10-19(20)21(24)13-17-8-4-7-16(12-17)11-15-5-2-1-3-6-15/h4,7-10,12,14-15H,1-3,5-6,11,13H2. The van der Waals surface area contributed by atoms with Gasteiger partial charge in [0, 0.05) is 12.0 Å². The van der Waals surface area contributed by atoms with Gasteiger partial charge in [-0.25, -0.2) is 4.39 Å². The molecule has 24 heavy (non-hydrogen) atoms. The Balaban J connectivity index is 1.68. The maximum atomic E-state index is 13.1. The quantitative estimate of drug-likeness (QED) is 0.605. The van der Waals surface area contributed by atoms with Crippen LogP contribution in [0.5, 0.6) is 0 Å². The summed E-state index contributed by atoms with van der Waals surface area (Å²) in [5.41, 5.74) is 2.68. The molecule has 3 heteroatoms. The van der Waals surface area contributed by atoms with E-state index < -0.39 is 5.82 Å². The Morgan fingerprint density at radius 2 is 1.79 bits per heavy atom. The number of carbonyl (C=O) groups is 1. The Labute approximate surface area is 147 Å². The van der Waals surface area contributed by atoms with Gasteiger partial charge in [0.05, 0.1) is 5.02 Å². The van der Waals surface area contributed by atoms with Crippen molar-refractivity contribution in [2.45, 2.75) is 44.9 Å². The summed E-state index contributed by atoms with van der Waals surface area (Å²) in [6.07, 6.45) is 8.06. The lowest BCUT2D eigenvalue weighted by Gasteiger charge is -2.21. The highest BCUT2D eigenvalue weighted by atomic mass is 35.5. The van der Waals surface area contributed by atoms with Crippen LogP contribution in [0, 0.1) is 11.7 Å². The zero-order valence-electron chi connectivity index (χ0n) is 13.7. The molecule has 2 aromatic carbocycles. The summed E-state index contributed by atoms with van der Waals surface area (Å²) in [7, 11) is 0. The fourth-order valence-electron chi connectivity index (χ4n) is 3.59. The topological polar surface area (TPSA) is 17.1 Å². The predicted octanol–water partition coefficient (Wildman–Crippen LogP) is 6.03. The molecule has 1 aliphatic rings. The van der Waals surface area contributed by atoms with Crippen LogP contribution in [0.1, 0.15) is 53.6 Å². The number of hydrogen-bond acceptors (Lipinski definition) is 1. The third-order valence-corrected chi connectivity index (χ3v) is 5.15. The summed E-state index contributed by atoms with van der Waals surface area (Å²) in [4.78, 5) is 12.4. The molecule has 0 saturated heterocycles. The molecule has 0 N–H and O–H groups in total. The molecule has 1 saturated carbocycles. The van der Waals surface area contributed by atoms with Crippen molar-refractivity contribution in [3.05, 3.63) is 70.0 Å². The first-order valence-electron chi connectivity index (χ1n) is 8.68. The minimum absolute atomic E-state index is 0.0742. The molecule has 0 radical (unpaired) electrons. The average Bonchev–Trinajstić information content (AvgIpc) is 2.56. The van der Waals surface area contributed by atoms with Gasteiger partial charge in [0.2, 0.25) is 0 Å². The highest BCUT2D eigenvalue weighted by molar-refractivity contribution is 6.34. The lowest BCUT2D eigenvalue weighted by Crippen LogP contribution is -2.10. The van der Waals surface area contributed by atoms with Gasteiger partial charge in [0.25, 0.3) is 0 Å². The summed E-state index contributed by atoms with van der Waals surface area (Å²) in [6.45, 7) is 0. The fourth-order valence-corrected chi connectivity index (χ4v) is 3.86. The first-order valence-corrected chi connectivity index (χ1v) is 9.05. The van der Waals surface area contributed by atoms with E-state index in [0.29, 0.717) is 12.0 Å². The van der Waals surface area contributed by atoms with E-state index in [-0.39, 0.29) is 10.8 Å². The minimum Gasteiger partial charge on any atom is -0.294 e. The Morgan fingerprint density at radius 3 is 2.54 bits per heavy atom. The highest BCUT2D eigenvalue weighted by Gasteiger charge is 2.15. The van der Waals surface area contributed by atoms with E-state index in [9.17, 15) is 9.18 Å². The molecule has 1 fully saturated rings. The molecule has 3 rings (SSSR count). The van der Waals surface area contributed by atoms with Crippen molar-refractivity contribution in [3.63, 3.8) is 0 Å². The minimum atomic E-state index is -0.425. The van der Waals surface area contributed by atoms with Gasteiger partial charge in [-0.3, -0.25) is 4.79 Å². The second-order valence-corrected chi connectivity index (χ2v) is 7.16. The van der Waals surface area contributed by atoms with Crippen molar-refractivity contribution in [2.75, 3.05) is 0 Å². The number of halogens is 2. The molecule has 2 aromatic rings. The van der Waals surface area contributed by atoms with Gasteiger partial charge in [-0.2, -0.15) is 0 Å². The van der Waals surface area contributed by atoms with Crippen LogP contribution in [0.4, 0.5) is 4.39 Å². The molecule has 0 bridgehead atoms.